The van der Waals surface area contributed by atoms with Gasteiger partial charge in [0.25, 0.3) is 5.91 Å². The maximum atomic E-state index is 12.8. The van der Waals surface area contributed by atoms with Crippen molar-refractivity contribution in [3.63, 3.8) is 0 Å². The third-order valence-electron chi connectivity index (χ3n) is 3.62. The average molecular weight is 411 g/mol. The molecule has 1 N–H and O–H groups in total. The minimum absolute atomic E-state index is 0.0122. The number of hydrogen-bond donors (Lipinski definition) is 1. The normalized spacial score (nSPS) is 10.8. The second-order valence-electron chi connectivity index (χ2n) is 5.71. The Morgan fingerprint density at radius 1 is 1.14 bits per heavy atom. The number of benzene rings is 2. The summed E-state index contributed by atoms with van der Waals surface area (Å²) in [4.78, 5) is 23.5. The molecule has 0 aromatic heterocycles. The summed E-state index contributed by atoms with van der Waals surface area (Å²) in [6.07, 6.45) is -4.29. The maximum absolute atomic E-state index is 12.8. The number of esters is 1. The molecule has 0 saturated heterocycles. The van der Waals surface area contributed by atoms with Crippen molar-refractivity contribution in [1.29, 1.82) is 5.26 Å². The topological polar surface area (TPSA) is 79.2 Å². The summed E-state index contributed by atoms with van der Waals surface area (Å²) in [6, 6.07) is 11.6. The second-order valence-corrected chi connectivity index (χ2v) is 6.12. The van der Waals surface area contributed by atoms with Gasteiger partial charge in [-0.1, -0.05) is 23.7 Å². The van der Waals surface area contributed by atoms with Gasteiger partial charge in [0.05, 0.1) is 22.2 Å². The highest BCUT2D eigenvalue weighted by Gasteiger charge is 2.33. The fraction of sp³-hybridized carbons (Fsp3) is 0.211. The summed E-state index contributed by atoms with van der Waals surface area (Å²) in [5.74, 6) is -1.41. The molecule has 0 atom stereocenters. The highest BCUT2D eigenvalue weighted by molar-refractivity contribution is 6.31. The van der Waals surface area contributed by atoms with E-state index >= 15 is 0 Å². The molecule has 28 heavy (non-hydrogen) atoms. The lowest BCUT2D eigenvalue weighted by Crippen LogP contribution is -2.21. The average Bonchev–Trinajstić information content (AvgIpc) is 2.65. The molecule has 9 heteroatoms. The molecular formula is C19H14ClF3N2O3. The standard InChI is InChI=1S/C19H14ClF3N2O3/c20-16-7-6-14(9-15(16)19(21,22)23)25-17(26)11-28-18(27)8-5-12-1-3-13(10-24)4-2-12/h1-4,6-7,9H,5,8,11H2,(H,25,26). The van der Waals surface area contributed by atoms with Crippen LogP contribution in [0.25, 0.3) is 0 Å². The molecule has 0 aliphatic carbocycles. The van der Waals surface area contributed by atoms with Crippen LogP contribution in [0, 0.1) is 11.3 Å². The van der Waals surface area contributed by atoms with Gasteiger partial charge in [0.15, 0.2) is 6.61 Å². The minimum Gasteiger partial charge on any atom is -0.456 e. The Morgan fingerprint density at radius 2 is 1.82 bits per heavy atom. The number of carbonyl (C=O) groups is 2. The lowest BCUT2D eigenvalue weighted by molar-refractivity contribution is -0.147. The molecule has 146 valence electrons. The summed E-state index contributed by atoms with van der Waals surface area (Å²) in [5, 5.41) is 10.5. The van der Waals surface area contributed by atoms with Crippen LogP contribution < -0.4 is 5.32 Å². The lowest BCUT2D eigenvalue weighted by atomic mass is 10.1. The largest absolute Gasteiger partial charge is 0.456 e. The van der Waals surface area contributed by atoms with Crippen molar-refractivity contribution in [1.82, 2.24) is 0 Å². The van der Waals surface area contributed by atoms with E-state index in [1.165, 1.54) is 6.07 Å². The van der Waals surface area contributed by atoms with Crippen molar-refractivity contribution in [2.45, 2.75) is 19.0 Å². The van der Waals surface area contributed by atoms with Gasteiger partial charge in [0, 0.05) is 12.1 Å². The number of ether oxygens (including phenoxy) is 1. The fourth-order valence-electron chi connectivity index (χ4n) is 2.23. The Balaban J connectivity index is 1.82. The predicted octanol–water partition coefficient (Wildman–Crippen LogP) is 4.34. The number of anilines is 1. The number of halogens is 4. The van der Waals surface area contributed by atoms with E-state index in [0.29, 0.717) is 18.1 Å². The van der Waals surface area contributed by atoms with Crippen LogP contribution >= 0.6 is 11.6 Å². The first-order chi connectivity index (χ1) is 13.2. The molecule has 2 aromatic rings. The van der Waals surface area contributed by atoms with Gasteiger partial charge in [-0.2, -0.15) is 18.4 Å². The second kappa shape index (κ2) is 9.24. The van der Waals surface area contributed by atoms with Crippen LogP contribution in [-0.4, -0.2) is 18.5 Å². The summed E-state index contributed by atoms with van der Waals surface area (Å²) in [6.45, 7) is -0.629. The van der Waals surface area contributed by atoms with Crippen LogP contribution in [0.1, 0.15) is 23.1 Å². The SMILES string of the molecule is N#Cc1ccc(CCC(=O)OCC(=O)Nc2ccc(Cl)c(C(F)(F)F)c2)cc1. The number of aryl methyl sites for hydroxylation is 1. The van der Waals surface area contributed by atoms with Crippen molar-refractivity contribution in [3.05, 3.63) is 64.2 Å². The van der Waals surface area contributed by atoms with Gasteiger partial charge in [0.2, 0.25) is 0 Å². The third-order valence-corrected chi connectivity index (χ3v) is 3.95. The van der Waals surface area contributed by atoms with Crippen LogP contribution in [-0.2, 0) is 26.9 Å². The van der Waals surface area contributed by atoms with Gasteiger partial charge in [-0.05, 0) is 42.3 Å². The minimum atomic E-state index is -4.66. The highest BCUT2D eigenvalue weighted by Crippen LogP contribution is 2.36. The van der Waals surface area contributed by atoms with Crippen LogP contribution in [0.5, 0.6) is 0 Å². The molecule has 5 nitrogen and oxygen atoms in total. The molecular weight excluding hydrogens is 397 g/mol. The Labute approximate surface area is 163 Å². The lowest BCUT2D eigenvalue weighted by Gasteiger charge is -2.12. The van der Waals surface area contributed by atoms with Gasteiger partial charge in [0.1, 0.15) is 0 Å². The van der Waals surface area contributed by atoms with Crippen LogP contribution in [0.4, 0.5) is 18.9 Å². The number of nitriles is 1. The molecule has 1 amide bonds. The van der Waals surface area contributed by atoms with Crippen LogP contribution in [0.2, 0.25) is 5.02 Å². The molecule has 0 aliphatic rings. The molecule has 0 saturated carbocycles. The molecule has 2 rings (SSSR count). The van der Waals surface area contributed by atoms with Crippen molar-refractivity contribution in [2.24, 2.45) is 0 Å². The van der Waals surface area contributed by atoms with Crippen molar-refractivity contribution < 1.29 is 27.5 Å². The first-order valence-corrected chi connectivity index (χ1v) is 8.38. The Morgan fingerprint density at radius 3 is 2.43 bits per heavy atom. The number of nitrogens with zero attached hydrogens (tertiary/aromatic N) is 1. The van der Waals surface area contributed by atoms with E-state index in [4.69, 9.17) is 21.6 Å². The Hall–Kier alpha value is -3.05. The molecule has 0 heterocycles. The number of alkyl halides is 3. The number of rotatable bonds is 6. The van der Waals surface area contributed by atoms with E-state index < -0.39 is 35.2 Å². The molecule has 2 aromatic carbocycles. The zero-order valence-electron chi connectivity index (χ0n) is 14.3. The summed E-state index contributed by atoms with van der Waals surface area (Å²) < 4.78 is 43.2. The number of carbonyl (C=O) groups excluding carboxylic acids is 2. The number of nitrogens with one attached hydrogen (secondary N) is 1. The summed E-state index contributed by atoms with van der Waals surface area (Å²) in [5.41, 5.74) is 0.127. The van der Waals surface area contributed by atoms with Crippen molar-refractivity contribution in [3.8, 4) is 6.07 Å². The van der Waals surface area contributed by atoms with Crippen LogP contribution in [0.15, 0.2) is 42.5 Å². The van der Waals surface area contributed by atoms with E-state index in [-0.39, 0.29) is 12.1 Å². The summed E-state index contributed by atoms with van der Waals surface area (Å²) >= 11 is 5.50. The van der Waals surface area contributed by atoms with Crippen molar-refractivity contribution in [2.75, 3.05) is 11.9 Å². The Bertz CT molecular complexity index is 906. The third kappa shape index (κ3) is 6.28. The van der Waals surface area contributed by atoms with Gasteiger partial charge in [-0.25, -0.2) is 0 Å². The first-order valence-electron chi connectivity index (χ1n) is 8.00. The number of hydrogen-bond acceptors (Lipinski definition) is 4. The highest BCUT2D eigenvalue weighted by atomic mass is 35.5. The van der Waals surface area contributed by atoms with Gasteiger partial charge in [-0.3, -0.25) is 9.59 Å². The van der Waals surface area contributed by atoms with E-state index in [1.54, 1.807) is 24.3 Å². The molecule has 0 radical (unpaired) electrons. The molecule has 0 fully saturated rings. The van der Waals surface area contributed by atoms with E-state index in [9.17, 15) is 22.8 Å². The molecule has 0 unspecified atom stereocenters. The number of amides is 1. The molecule has 0 aliphatic heterocycles. The van der Waals surface area contributed by atoms with Gasteiger partial charge in [-0.15, -0.1) is 0 Å². The fourth-order valence-corrected chi connectivity index (χ4v) is 2.45. The zero-order valence-corrected chi connectivity index (χ0v) is 15.1. The smallest absolute Gasteiger partial charge is 0.417 e. The van der Waals surface area contributed by atoms with Crippen molar-refractivity contribution >= 4 is 29.2 Å². The van der Waals surface area contributed by atoms with E-state index in [2.05, 4.69) is 5.32 Å². The zero-order chi connectivity index (χ0) is 20.7. The maximum Gasteiger partial charge on any atom is 0.417 e. The van der Waals surface area contributed by atoms with Crippen LogP contribution in [0.3, 0.4) is 0 Å². The van der Waals surface area contributed by atoms with E-state index in [0.717, 1.165) is 11.6 Å². The molecule has 0 bridgehead atoms. The quantitative estimate of drug-likeness (QED) is 0.718. The monoisotopic (exact) mass is 410 g/mol. The van der Waals surface area contributed by atoms with Gasteiger partial charge >= 0.3 is 12.1 Å². The van der Waals surface area contributed by atoms with E-state index in [1.807, 2.05) is 6.07 Å². The summed E-state index contributed by atoms with van der Waals surface area (Å²) in [7, 11) is 0. The predicted molar refractivity (Wildman–Crippen MR) is 95.5 cm³/mol. The first kappa shape index (κ1) is 21.3. The Kier molecular flexibility index (Phi) is 7.01. The van der Waals surface area contributed by atoms with Gasteiger partial charge < -0.3 is 10.1 Å². The molecule has 0 spiro atoms.